The lowest BCUT2D eigenvalue weighted by Crippen LogP contribution is -2.33. The summed E-state index contributed by atoms with van der Waals surface area (Å²) in [6, 6.07) is 0.731. The zero-order valence-electron chi connectivity index (χ0n) is 10.6. The van der Waals surface area contributed by atoms with Crippen molar-refractivity contribution in [1.29, 1.82) is 0 Å². The van der Waals surface area contributed by atoms with Gasteiger partial charge in [0.15, 0.2) is 0 Å². The lowest BCUT2D eigenvalue weighted by atomic mass is 10.0. The van der Waals surface area contributed by atoms with E-state index in [-0.39, 0.29) is 5.92 Å². The van der Waals surface area contributed by atoms with E-state index in [1.54, 1.807) is 0 Å². The van der Waals surface area contributed by atoms with Gasteiger partial charge in [-0.15, -0.1) is 0 Å². The first kappa shape index (κ1) is 14.7. The number of halogens is 3. The number of alkyl halides is 3. The Balaban J connectivity index is 1.95. The normalized spacial score (nSPS) is 16.9. The maximum atomic E-state index is 12.5. The van der Waals surface area contributed by atoms with Crippen LogP contribution in [0, 0.1) is 5.92 Å². The molecule has 5 nitrogen and oxygen atoms in total. The fourth-order valence-corrected chi connectivity index (χ4v) is 1.89. The lowest BCUT2D eigenvalue weighted by molar-refractivity contribution is -0.141. The molecule has 0 saturated carbocycles. The molecule has 0 radical (unpaired) electrons. The molecule has 2 heterocycles. The number of amides is 1. The largest absolute Gasteiger partial charge is 0.433 e. The van der Waals surface area contributed by atoms with Crippen LogP contribution in [0.2, 0.25) is 0 Å². The standard InChI is InChI=1S/C12H14F3N3O2/c13-12(14,15)9-1-4-16-10(18-9)11(19)17-7-8-2-5-20-6-3-8/h1,4,8H,2-3,5-7H2,(H,17,19). The Morgan fingerprint density at radius 3 is 2.75 bits per heavy atom. The lowest BCUT2D eigenvalue weighted by Gasteiger charge is -2.21. The zero-order valence-corrected chi connectivity index (χ0v) is 10.6. The van der Waals surface area contributed by atoms with Crippen molar-refractivity contribution in [1.82, 2.24) is 15.3 Å². The average molecular weight is 289 g/mol. The number of nitrogens with one attached hydrogen (secondary N) is 1. The first-order chi connectivity index (χ1) is 9.47. The van der Waals surface area contributed by atoms with Crippen molar-refractivity contribution in [3.05, 3.63) is 23.8 Å². The number of nitrogens with zero attached hydrogens (tertiary/aromatic N) is 2. The molecule has 2 rings (SSSR count). The molecule has 8 heteroatoms. The van der Waals surface area contributed by atoms with Gasteiger partial charge in [0.25, 0.3) is 5.91 Å². The second-order valence-corrected chi connectivity index (χ2v) is 4.53. The molecule has 0 bridgehead atoms. The maximum absolute atomic E-state index is 12.5. The van der Waals surface area contributed by atoms with Crippen LogP contribution in [0.25, 0.3) is 0 Å². The third kappa shape index (κ3) is 3.89. The van der Waals surface area contributed by atoms with Gasteiger partial charge in [-0.05, 0) is 24.8 Å². The van der Waals surface area contributed by atoms with Gasteiger partial charge in [0.2, 0.25) is 5.82 Å². The minimum atomic E-state index is -4.58. The Hall–Kier alpha value is -1.70. The second kappa shape index (κ2) is 6.17. The van der Waals surface area contributed by atoms with E-state index >= 15 is 0 Å². The highest BCUT2D eigenvalue weighted by atomic mass is 19.4. The Bertz CT molecular complexity index is 473. The molecule has 0 atom stereocenters. The number of ether oxygens (including phenoxy) is 1. The molecule has 110 valence electrons. The van der Waals surface area contributed by atoms with Gasteiger partial charge in [-0.3, -0.25) is 4.79 Å². The third-order valence-electron chi connectivity index (χ3n) is 3.04. The first-order valence-corrected chi connectivity index (χ1v) is 6.23. The number of hydrogen-bond donors (Lipinski definition) is 1. The predicted molar refractivity (Wildman–Crippen MR) is 62.9 cm³/mol. The van der Waals surface area contributed by atoms with E-state index in [0.29, 0.717) is 19.8 Å². The Kier molecular flexibility index (Phi) is 4.53. The van der Waals surface area contributed by atoms with E-state index in [1.165, 1.54) is 0 Å². The van der Waals surface area contributed by atoms with Gasteiger partial charge in [0.1, 0.15) is 5.69 Å². The molecular weight excluding hydrogens is 275 g/mol. The van der Waals surface area contributed by atoms with Crippen molar-refractivity contribution in [2.45, 2.75) is 19.0 Å². The summed E-state index contributed by atoms with van der Waals surface area (Å²) in [4.78, 5) is 18.5. The summed E-state index contributed by atoms with van der Waals surface area (Å²) in [5, 5.41) is 2.56. The van der Waals surface area contributed by atoms with Crippen molar-refractivity contribution in [2.75, 3.05) is 19.8 Å². The van der Waals surface area contributed by atoms with Gasteiger partial charge in [-0.2, -0.15) is 13.2 Å². The van der Waals surface area contributed by atoms with E-state index in [0.717, 1.165) is 25.1 Å². The molecule has 0 aromatic carbocycles. The molecule has 0 aliphatic carbocycles. The summed E-state index contributed by atoms with van der Waals surface area (Å²) in [6.45, 7) is 1.67. The Morgan fingerprint density at radius 2 is 2.10 bits per heavy atom. The number of carbonyl (C=O) groups is 1. The van der Waals surface area contributed by atoms with Crippen molar-refractivity contribution < 1.29 is 22.7 Å². The monoisotopic (exact) mass is 289 g/mol. The van der Waals surface area contributed by atoms with E-state index in [2.05, 4.69) is 15.3 Å². The summed E-state index contributed by atoms with van der Waals surface area (Å²) < 4.78 is 42.6. The van der Waals surface area contributed by atoms with E-state index in [1.807, 2.05) is 0 Å². The minimum Gasteiger partial charge on any atom is -0.381 e. The van der Waals surface area contributed by atoms with Gasteiger partial charge in [0, 0.05) is 26.0 Å². The second-order valence-electron chi connectivity index (χ2n) is 4.53. The van der Waals surface area contributed by atoms with Gasteiger partial charge < -0.3 is 10.1 Å². The maximum Gasteiger partial charge on any atom is 0.433 e. The zero-order chi connectivity index (χ0) is 14.6. The average Bonchev–Trinajstić information content (AvgIpc) is 2.45. The van der Waals surface area contributed by atoms with Crippen LogP contribution in [0.1, 0.15) is 29.2 Å². The molecule has 0 spiro atoms. The van der Waals surface area contributed by atoms with Crippen LogP contribution in [0.5, 0.6) is 0 Å². The van der Waals surface area contributed by atoms with Gasteiger partial charge >= 0.3 is 6.18 Å². The Labute approximate surface area is 113 Å². The summed E-state index contributed by atoms with van der Waals surface area (Å²) in [6.07, 6.45) is -2.01. The van der Waals surface area contributed by atoms with Crippen LogP contribution in [0.15, 0.2) is 12.3 Å². The van der Waals surface area contributed by atoms with Crippen LogP contribution >= 0.6 is 0 Å². The molecule has 1 aliphatic rings. The highest BCUT2D eigenvalue weighted by molar-refractivity contribution is 5.90. The number of aromatic nitrogens is 2. The summed E-state index contributed by atoms with van der Waals surface area (Å²) >= 11 is 0. The van der Waals surface area contributed by atoms with E-state index in [4.69, 9.17) is 4.74 Å². The topological polar surface area (TPSA) is 64.1 Å². The first-order valence-electron chi connectivity index (χ1n) is 6.23. The summed E-state index contributed by atoms with van der Waals surface area (Å²) in [5.41, 5.74) is -1.12. The quantitative estimate of drug-likeness (QED) is 0.919. The molecule has 1 aromatic rings. The molecule has 0 unspecified atom stereocenters. The van der Waals surface area contributed by atoms with Crippen LogP contribution in [-0.4, -0.2) is 35.6 Å². The van der Waals surface area contributed by atoms with Crippen LogP contribution < -0.4 is 5.32 Å². The Morgan fingerprint density at radius 1 is 1.40 bits per heavy atom. The fourth-order valence-electron chi connectivity index (χ4n) is 1.89. The molecule has 1 saturated heterocycles. The number of rotatable bonds is 3. The molecule has 1 aromatic heterocycles. The van der Waals surface area contributed by atoms with E-state index < -0.39 is 23.6 Å². The highest BCUT2D eigenvalue weighted by Crippen LogP contribution is 2.26. The van der Waals surface area contributed by atoms with Gasteiger partial charge in [-0.25, -0.2) is 9.97 Å². The predicted octanol–water partition coefficient (Wildman–Crippen LogP) is 1.65. The number of hydrogen-bond acceptors (Lipinski definition) is 4. The summed E-state index contributed by atoms with van der Waals surface area (Å²) in [7, 11) is 0. The number of carbonyl (C=O) groups excluding carboxylic acids is 1. The molecule has 1 amide bonds. The van der Waals surface area contributed by atoms with Crippen molar-refractivity contribution in [2.24, 2.45) is 5.92 Å². The van der Waals surface area contributed by atoms with Crippen LogP contribution in [0.3, 0.4) is 0 Å². The van der Waals surface area contributed by atoms with Crippen LogP contribution in [0.4, 0.5) is 13.2 Å². The SMILES string of the molecule is O=C(NCC1CCOCC1)c1nccc(C(F)(F)F)n1. The highest BCUT2D eigenvalue weighted by Gasteiger charge is 2.33. The minimum absolute atomic E-state index is 0.276. The van der Waals surface area contributed by atoms with Crippen molar-refractivity contribution in [3.8, 4) is 0 Å². The third-order valence-corrected chi connectivity index (χ3v) is 3.04. The van der Waals surface area contributed by atoms with E-state index in [9.17, 15) is 18.0 Å². The molecule has 1 fully saturated rings. The smallest absolute Gasteiger partial charge is 0.381 e. The molecule has 1 N–H and O–H groups in total. The van der Waals surface area contributed by atoms with Crippen molar-refractivity contribution >= 4 is 5.91 Å². The summed E-state index contributed by atoms with van der Waals surface area (Å²) in [5.74, 6) is -0.882. The molecule has 20 heavy (non-hydrogen) atoms. The van der Waals surface area contributed by atoms with Gasteiger partial charge in [0.05, 0.1) is 0 Å². The fraction of sp³-hybridized carbons (Fsp3) is 0.583. The van der Waals surface area contributed by atoms with Gasteiger partial charge in [-0.1, -0.05) is 0 Å². The van der Waals surface area contributed by atoms with Crippen LogP contribution in [-0.2, 0) is 10.9 Å². The molecule has 1 aliphatic heterocycles. The van der Waals surface area contributed by atoms with Crippen molar-refractivity contribution in [3.63, 3.8) is 0 Å². The molecular formula is C12H14F3N3O2.